The Labute approximate surface area is 336 Å². The number of ether oxygens (including phenoxy) is 3. The van der Waals surface area contributed by atoms with E-state index in [1.807, 2.05) is 36.4 Å². The number of nitrogens with one attached hydrogen (secondary N) is 2. The molecule has 0 heterocycles. The lowest BCUT2D eigenvalue weighted by molar-refractivity contribution is -0.178. The number of carbonyl (C=O) groups excluding carboxylic acids is 4. The molecule has 0 spiro atoms. The van der Waals surface area contributed by atoms with Gasteiger partial charge in [0.1, 0.15) is 11.5 Å². The van der Waals surface area contributed by atoms with E-state index in [0.29, 0.717) is 46.1 Å². The summed E-state index contributed by atoms with van der Waals surface area (Å²) in [6.07, 6.45) is 8.29. The van der Waals surface area contributed by atoms with Crippen LogP contribution in [0.1, 0.15) is 56.4 Å². The topological polar surface area (TPSA) is 120 Å². The van der Waals surface area contributed by atoms with Gasteiger partial charge in [-0.2, -0.15) is 0 Å². The Hall–Kier alpha value is -5.09. The van der Waals surface area contributed by atoms with Crippen molar-refractivity contribution in [2.75, 3.05) is 13.1 Å². The lowest BCUT2D eigenvalue weighted by Crippen LogP contribution is -2.46. The van der Waals surface area contributed by atoms with E-state index in [1.54, 1.807) is 66.7 Å². The van der Waals surface area contributed by atoms with Crippen LogP contribution in [0.5, 0.6) is 11.5 Å². The zero-order valence-electron chi connectivity index (χ0n) is 31.0. The van der Waals surface area contributed by atoms with Crippen LogP contribution in [0, 0.1) is 0 Å². The fraction of sp³-hybridized carbons (Fsp3) is 0.256. The second-order valence-corrected chi connectivity index (χ2v) is 14.8. The maximum absolute atomic E-state index is 13.0. The van der Waals surface area contributed by atoms with E-state index in [9.17, 15) is 19.2 Å². The second kappa shape index (κ2) is 20.0. The minimum atomic E-state index is -1.49. The molecule has 0 unspecified atom stereocenters. The van der Waals surface area contributed by atoms with Crippen LogP contribution >= 0.6 is 34.8 Å². The Bertz CT molecular complexity index is 2010. The highest BCUT2D eigenvalue weighted by Crippen LogP contribution is 2.25. The number of carbonyl (C=O) groups is 4. The first-order chi connectivity index (χ1) is 26.1. The molecule has 4 aromatic rings. The highest BCUT2D eigenvalue weighted by atomic mass is 35.5. The third-order valence-corrected chi connectivity index (χ3v) is 9.07. The van der Waals surface area contributed by atoms with Crippen molar-refractivity contribution in [3.63, 3.8) is 0 Å². The molecule has 0 atom stereocenters. The highest BCUT2D eigenvalue weighted by Gasteiger charge is 2.39. The molecule has 4 aromatic carbocycles. The van der Waals surface area contributed by atoms with Gasteiger partial charge in [-0.15, -0.1) is 0 Å². The van der Waals surface area contributed by atoms with E-state index in [4.69, 9.17) is 49.0 Å². The standard InChI is InChI=1S/C43H43Cl3N2O7/c1-42(2,54-34-18-9-29(10-19-34)6-5-26-47-38(49)23-14-30-7-16-33(44)17-8-30)40(51)53-41(52)43(3,4)55-35-20-11-31(12-21-35)25-27-48-39(50)24-15-32-13-22-36(45)37(46)28-32/h7-24,28H,5-6,25-27H2,1-4H3,(H,47,49)(H,48,50)/b23-14+,24-15+. The van der Waals surface area contributed by atoms with E-state index in [0.717, 1.165) is 35.1 Å². The van der Waals surface area contributed by atoms with Crippen molar-refractivity contribution in [1.82, 2.24) is 10.6 Å². The van der Waals surface area contributed by atoms with E-state index in [-0.39, 0.29) is 11.8 Å². The van der Waals surface area contributed by atoms with Crippen LogP contribution in [0.2, 0.25) is 15.1 Å². The number of hydrogen-bond acceptors (Lipinski definition) is 7. The number of hydrogen-bond donors (Lipinski definition) is 2. The van der Waals surface area contributed by atoms with Crippen molar-refractivity contribution in [1.29, 1.82) is 0 Å². The molecule has 0 fully saturated rings. The zero-order valence-corrected chi connectivity index (χ0v) is 33.3. The lowest BCUT2D eigenvalue weighted by Gasteiger charge is -2.27. The summed E-state index contributed by atoms with van der Waals surface area (Å²) >= 11 is 17.8. The predicted octanol–water partition coefficient (Wildman–Crippen LogP) is 8.87. The molecule has 0 aliphatic heterocycles. The fourth-order valence-electron chi connectivity index (χ4n) is 4.94. The second-order valence-electron chi connectivity index (χ2n) is 13.5. The number of amides is 2. The van der Waals surface area contributed by atoms with Gasteiger partial charge in [0, 0.05) is 30.3 Å². The number of aryl methyl sites for hydroxylation is 1. The van der Waals surface area contributed by atoms with Gasteiger partial charge in [-0.1, -0.05) is 77.3 Å². The van der Waals surface area contributed by atoms with Crippen molar-refractivity contribution in [2.45, 2.75) is 58.2 Å². The van der Waals surface area contributed by atoms with Gasteiger partial charge in [-0.05, 0) is 130 Å². The molecule has 0 aliphatic carbocycles. The van der Waals surface area contributed by atoms with Crippen LogP contribution in [0.15, 0.2) is 103 Å². The molecule has 9 nitrogen and oxygen atoms in total. The van der Waals surface area contributed by atoms with Gasteiger partial charge in [0.2, 0.25) is 23.0 Å². The summed E-state index contributed by atoms with van der Waals surface area (Å²) in [5.74, 6) is -1.36. The Morgan fingerprint density at radius 3 is 1.58 bits per heavy atom. The molecular formula is C43H43Cl3N2O7. The smallest absolute Gasteiger partial charge is 0.357 e. The largest absolute Gasteiger partial charge is 0.476 e. The monoisotopic (exact) mass is 804 g/mol. The summed E-state index contributed by atoms with van der Waals surface area (Å²) in [6, 6.07) is 26.6. The Balaban J connectivity index is 1.16. The quantitative estimate of drug-likeness (QED) is 0.0474. The first kappa shape index (κ1) is 42.6. The van der Waals surface area contributed by atoms with Gasteiger partial charge < -0.3 is 24.8 Å². The SMILES string of the molecule is CC(C)(Oc1ccc(CCCNC(=O)/C=C/c2ccc(Cl)cc2)cc1)C(=O)OC(=O)C(C)(C)Oc1ccc(CCNC(=O)/C=C/c2ccc(Cl)c(Cl)c2)cc1. The van der Waals surface area contributed by atoms with Crippen LogP contribution in [-0.4, -0.2) is 48.0 Å². The van der Waals surface area contributed by atoms with Crippen LogP contribution in [0.4, 0.5) is 0 Å². The normalized spacial score (nSPS) is 11.7. The van der Waals surface area contributed by atoms with E-state index >= 15 is 0 Å². The third kappa shape index (κ3) is 14.2. The molecule has 0 aromatic heterocycles. The molecule has 2 amide bonds. The van der Waals surface area contributed by atoms with Crippen molar-refractivity contribution in [3.05, 3.63) is 140 Å². The number of benzene rings is 4. The molecule has 0 aliphatic rings. The maximum Gasteiger partial charge on any atom is 0.357 e. The summed E-state index contributed by atoms with van der Waals surface area (Å²) in [7, 11) is 0. The number of halogens is 3. The summed E-state index contributed by atoms with van der Waals surface area (Å²) in [6.45, 7) is 6.95. The van der Waals surface area contributed by atoms with Gasteiger partial charge in [0.15, 0.2) is 0 Å². The van der Waals surface area contributed by atoms with Gasteiger partial charge in [-0.3, -0.25) is 9.59 Å². The molecule has 2 N–H and O–H groups in total. The summed E-state index contributed by atoms with van der Waals surface area (Å²) in [4.78, 5) is 50.4. The van der Waals surface area contributed by atoms with Crippen molar-refractivity contribution >= 4 is 70.7 Å². The summed E-state index contributed by atoms with van der Waals surface area (Å²) in [5.41, 5.74) is 0.629. The van der Waals surface area contributed by atoms with Crippen LogP contribution < -0.4 is 20.1 Å². The van der Waals surface area contributed by atoms with Gasteiger partial charge >= 0.3 is 11.9 Å². The summed E-state index contributed by atoms with van der Waals surface area (Å²) in [5, 5.41) is 7.18. The molecule has 55 heavy (non-hydrogen) atoms. The fourth-order valence-corrected chi connectivity index (χ4v) is 5.37. The zero-order chi connectivity index (χ0) is 40.0. The maximum atomic E-state index is 13.0. The highest BCUT2D eigenvalue weighted by molar-refractivity contribution is 6.42. The van der Waals surface area contributed by atoms with Crippen molar-refractivity contribution in [3.8, 4) is 11.5 Å². The first-order valence-corrected chi connectivity index (χ1v) is 18.7. The third-order valence-electron chi connectivity index (χ3n) is 8.08. The Kier molecular flexibility index (Phi) is 15.5. The van der Waals surface area contributed by atoms with Crippen LogP contribution in [-0.2, 0) is 36.8 Å². The van der Waals surface area contributed by atoms with Crippen molar-refractivity contribution in [2.24, 2.45) is 0 Å². The van der Waals surface area contributed by atoms with E-state index in [2.05, 4.69) is 10.6 Å². The van der Waals surface area contributed by atoms with E-state index in [1.165, 1.54) is 39.8 Å². The molecule has 0 saturated heterocycles. The molecule has 288 valence electrons. The Morgan fingerprint density at radius 2 is 1.05 bits per heavy atom. The molecule has 4 rings (SSSR count). The minimum absolute atomic E-state index is 0.182. The first-order valence-electron chi connectivity index (χ1n) is 17.5. The predicted molar refractivity (Wildman–Crippen MR) is 217 cm³/mol. The molecule has 0 bridgehead atoms. The van der Waals surface area contributed by atoms with E-state index < -0.39 is 23.1 Å². The average molecular weight is 806 g/mol. The minimum Gasteiger partial charge on any atom is -0.476 e. The molecule has 0 saturated carbocycles. The van der Waals surface area contributed by atoms with Gasteiger partial charge in [0.05, 0.1) is 10.0 Å². The molecular weight excluding hydrogens is 763 g/mol. The van der Waals surface area contributed by atoms with Crippen molar-refractivity contribution < 1.29 is 33.4 Å². The Morgan fingerprint density at radius 1 is 0.582 bits per heavy atom. The van der Waals surface area contributed by atoms with Crippen LogP contribution in [0.3, 0.4) is 0 Å². The number of rotatable bonds is 17. The lowest BCUT2D eigenvalue weighted by atomic mass is 10.1. The van der Waals surface area contributed by atoms with Gasteiger partial charge in [-0.25, -0.2) is 9.59 Å². The molecule has 0 radical (unpaired) electrons. The average Bonchev–Trinajstić information content (AvgIpc) is 3.14. The molecule has 12 heteroatoms. The van der Waals surface area contributed by atoms with Gasteiger partial charge in [0.25, 0.3) is 0 Å². The van der Waals surface area contributed by atoms with Crippen LogP contribution in [0.25, 0.3) is 12.2 Å². The number of esters is 2. The summed E-state index contributed by atoms with van der Waals surface area (Å²) < 4.78 is 17.0.